The molecular formula is C17H15NS. The molecule has 1 aliphatic rings. The summed E-state index contributed by atoms with van der Waals surface area (Å²) >= 11 is 1.87. The number of fused-ring (bicyclic) bond motifs is 1. The van der Waals surface area contributed by atoms with Gasteiger partial charge in [-0.15, -0.1) is 11.8 Å². The maximum Gasteiger partial charge on any atom is 0.0991 e. The van der Waals surface area contributed by atoms with E-state index in [1.54, 1.807) is 0 Å². The van der Waals surface area contributed by atoms with Gasteiger partial charge in [-0.05, 0) is 60.2 Å². The molecule has 0 amide bonds. The highest BCUT2D eigenvalue weighted by Crippen LogP contribution is 2.29. The summed E-state index contributed by atoms with van der Waals surface area (Å²) in [7, 11) is 0. The van der Waals surface area contributed by atoms with Gasteiger partial charge in [-0.3, -0.25) is 0 Å². The number of aryl methyl sites for hydroxylation is 2. The van der Waals surface area contributed by atoms with Crippen molar-refractivity contribution in [2.75, 3.05) is 0 Å². The molecule has 1 nitrogen and oxygen atoms in total. The zero-order valence-electron chi connectivity index (χ0n) is 10.7. The third kappa shape index (κ3) is 2.83. The summed E-state index contributed by atoms with van der Waals surface area (Å²) in [6.07, 6.45) is 3.79. The number of benzene rings is 2. The summed E-state index contributed by atoms with van der Waals surface area (Å²) in [4.78, 5) is 1.35. The predicted octanol–water partition coefficient (Wildman–Crippen LogP) is 4.34. The van der Waals surface area contributed by atoms with Crippen LogP contribution in [-0.2, 0) is 18.6 Å². The summed E-state index contributed by atoms with van der Waals surface area (Å²) in [6.45, 7) is 0. The minimum atomic E-state index is 0.728. The summed E-state index contributed by atoms with van der Waals surface area (Å²) in [5.41, 5.74) is 5.06. The summed E-state index contributed by atoms with van der Waals surface area (Å²) < 4.78 is 0. The molecule has 19 heavy (non-hydrogen) atoms. The summed E-state index contributed by atoms with van der Waals surface area (Å²) in [6, 6.07) is 16.9. The van der Waals surface area contributed by atoms with Crippen LogP contribution in [0.1, 0.15) is 28.7 Å². The van der Waals surface area contributed by atoms with E-state index >= 15 is 0 Å². The Hall–Kier alpha value is -1.72. The molecule has 0 atom stereocenters. The number of rotatable bonds is 3. The molecule has 0 N–H and O–H groups in total. The van der Waals surface area contributed by atoms with E-state index in [9.17, 15) is 0 Å². The Morgan fingerprint density at radius 1 is 1.00 bits per heavy atom. The number of thioether (sulfide) groups is 1. The second-order valence-electron chi connectivity index (χ2n) is 4.88. The van der Waals surface area contributed by atoms with Gasteiger partial charge in [-0.25, -0.2) is 0 Å². The van der Waals surface area contributed by atoms with Crippen LogP contribution in [0.2, 0.25) is 0 Å². The molecule has 2 aromatic carbocycles. The molecule has 0 radical (unpaired) electrons. The van der Waals surface area contributed by atoms with Gasteiger partial charge in [-0.2, -0.15) is 5.26 Å². The fourth-order valence-corrected chi connectivity index (χ4v) is 3.40. The van der Waals surface area contributed by atoms with E-state index in [-0.39, 0.29) is 0 Å². The van der Waals surface area contributed by atoms with E-state index < -0.39 is 0 Å². The maximum absolute atomic E-state index is 8.77. The summed E-state index contributed by atoms with van der Waals surface area (Å²) in [5.74, 6) is 0.963. The third-order valence-electron chi connectivity index (χ3n) is 3.56. The van der Waals surface area contributed by atoms with Crippen molar-refractivity contribution in [2.24, 2.45) is 0 Å². The van der Waals surface area contributed by atoms with Gasteiger partial charge in [0, 0.05) is 10.6 Å². The second-order valence-corrected chi connectivity index (χ2v) is 5.93. The molecule has 0 saturated carbocycles. The normalized spacial score (nSPS) is 13.0. The first-order valence-corrected chi connectivity index (χ1v) is 7.57. The van der Waals surface area contributed by atoms with Gasteiger partial charge in [0.1, 0.15) is 0 Å². The highest BCUT2D eigenvalue weighted by Gasteiger charge is 2.10. The second kappa shape index (κ2) is 5.50. The van der Waals surface area contributed by atoms with E-state index in [0.29, 0.717) is 0 Å². The average Bonchev–Trinajstić information content (AvgIpc) is 2.93. The van der Waals surface area contributed by atoms with Crippen molar-refractivity contribution in [2.45, 2.75) is 29.9 Å². The van der Waals surface area contributed by atoms with Crippen LogP contribution in [-0.4, -0.2) is 0 Å². The van der Waals surface area contributed by atoms with Gasteiger partial charge in [0.05, 0.1) is 11.6 Å². The fraction of sp³-hybridized carbons (Fsp3) is 0.235. The molecule has 2 heteroatoms. The molecule has 94 valence electrons. The molecular weight excluding hydrogens is 250 g/mol. The zero-order chi connectivity index (χ0) is 13.1. The smallest absolute Gasteiger partial charge is 0.0991 e. The molecule has 0 spiro atoms. The van der Waals surface area contributed by atoms with Crippen molar-refractivity contribution in [3.05, 3.63) is 64.7 Å². The first kappa shape index (κ1) is 12.3. The van der Waals surface area contributed by atoms with Crippen molar-refractivity contribution in [1.82, 2.24) is 0 Å². The number of nitriles is 1. The van der Waals surface area contributed by atoms with Gasteiger partial charge in [-0.1, -0.05) is 18.2 Å². The van der Waals surface area contributed by atoms with Crippen molar-refractivity contribution < 1.29 is 0 Å². The van der Waals surface area contributed by atoms with Crippen molar-refractivity contribution >= 4 is 11.8 Å². The highest BCUT2D eigenvalue weighted by atomic mass is 32.2. The fourth-order valence-electron chi connectivity index (χ4n) is 2.48. The standard InChI is InChI=1S/C17H15NS/c18-11-13-4-6-14(7-5-13)12-19-17-9-8-15-2-1-3-16(15)10-17/h4-10H,1-3,12H2. The van der Waals surface area contributed by atoms with E-state index in [0.717, 1.165) is 11.3 Å². The van der Waals surface area contributed by atoms with Crippen LogP contribution in [0, 0.1) is 11.3 Å². The van der Waals surface area contributed by atoms with Crippen LogP contribution in [0.4, 0.5) is 0 Å². The van der Waals surface area contributed by atoms with Crippen LogP contribution in [0.5, 0.6) is 0 Å². The molecule has 1 aliphatic carbocycles. The topological polar surface area (TPSA) is 23.8 Å². The lowest BCUT2D eigenvalue weighted by molar-refractivity contribution is 0.911. The van der Waals surface area contributed by atoms with E-state index in [1.165, 1.54) is 40.8 Å². The molecule has 0 heterocycles. The Balaban J connectivity index is 1.67. The van der Waals surface area contributed by atoms with Gasteiger partial charge >= 0.3 is 0 Å². The van der Waals surface area contributed by atoms with Crippen molar-refractivity contribution in [1.29, 1.82) is 5.26 Å². The Labute approximate surface area is 118 Å². The SMILES string of the molecule is N#Cc1ccc(CSc2ccc3c(c2)CCC3)cc1. The quantitative estimate of drug-likeness (QED) is 0.771. The molecule has 0 bridgehead atoms. The molecule has 0 fully saturated rings. The molecule has 0 aliphatic heterocycles. The molecule has 2 aromatic rings. The van der Waals surface area contributed by atoms with Gasteiger partial charge < -0.3 is 0 Å². The Morgan fingerprint density at radius 3 is 2.58 bits per heavy atom. The number of hydrogen-bond donors (Lipinski definition) is 0. The van der Waals surface area contributed by atoms with E-state index in [2.05, 4.69) is 24.3 Å². The maximum atomic E-state index is 8.77. The predicted molar refractivity (Wildman–Crippen MR) is 79.2 cm³/mol. The van der Waals surface area contributed by atoms with E-state index in [4.69, 9.17) is 5.26 Å². The lowest BCUT2D eigenvalue weighted by atomic mass is 10.1. The molecule has 0 aromatic heterocycles. The van der Waals surface area contributed by atoms with Gasteiger partial charge in [0.2, 0.25) is 0 Å². The minimum absolute atomic E-state index is 0.728. The van der Waals surface area contributed by atoms with E-state index in [1.807, 2.05) is 36.0 Å². The summed E-state index contributed by atoms with van der Waals surface area (Å²) in [5, 5.41) is 8.77. The monoisotopic (exact) mass is 265 g/mol. The van der Waals surface area contributed by atoms with Gasteiger partial charge in [0.15, 0.2) is 0 Å². The Kier molecular flexibility index (Phi) is 3.57. The van der Waals surface area contributed by atoms with Crippen LogP contribution in [0.15, 0.2) is 47.4 Å². The van der Waals surface area contributed by atoms with Crippen molar-refractivity contribution in [3.8, 4) is 6.07 Å². The minimum Gasteiger partial charge on any atom is -0.192 e. The number of hydrogen-bond acceptors (Lipinski definition) is 2. The van der Waals surface area contributed by atoms with Crippen molar-refractivity contribution in [3.63, 3.8) is 0 Å². The first-order valence-electron chi connectivity index (χ1n) is 6.59. The number of nitrogens with zero attached hydrogens (tertiary/aromatic N) is 1. The molecule has 0 unspecified atom stereocenters. The largest absolute Gasteiger partial charge is 0.192 e. The molecule has 3 rings (SSSR count). The van der Waals surface area contributed by atoms with Crippen LogP contribution >= 0.6 is 11.8 Å². The molecule has 0 saturated heterocycles. The Bertz CT molecular complexity index is 623. The average molecular weight is 265 g/mol. The Morgan fingerprint density at radius 2 is 1.79 bits per heavy atom. The lowest BCUT2D eigenvalue weighted by Crippen LogP contribution is -1.85. The van der Waals surface area contributed by atoms with Gasteiger partial charge in [0.25, 0.3) is 0 Å². The zero-order valence-corrected chi connectivity index (χ0v) is 11.5. The third-order valence-corrected chi connectivity index (χ3v) is 4.62. The van der Waals surface area contributed by atoms with Crippen LogP contribution in [0.3, 0.4) is 0 Å². The van der Waals surface area contributed by atoms with Crippen LogP contribution < -0.4 is 0 Å². The highest BCUT2D eigenvalue weighted by molar-refractivity contribution is 7.98. The first-order chi connectivity index (χ1) is 9.35. The van der Waals surface area contributed by atoms with Crippen LogP contribution in [0.25, 0.3) is 0 Å². The lowest BCUT2D eigenvalue weighted by Gasteiger charge is -2.05.